The molecule has 90 valence electrons. The van der Waals surface area contributed by atoms with Gasteiger partial charge in [0.05, 0.1) is 11.6 Å². The number of aromatic nitrogens is 1. The maximum absolute atomic E-state index is 6.15. The predicted octanol–water partition coefficient (Wildman–Crippen LogP) is 1.85. The Hall–Kier alpha value is -1.49. The lowest BCUT2D eigenvalue weighted by molar-refractivity contribution is -0.117. The Morgan fingerprint density at radius 1 is 1.12 bits per heavy atom. The fourth-order valence-corrected chi connectivity index (χ4v) is 1.95. The largest absolute Gasteiger partial charge is 0.354 e. The summed E-state index contributed by atoms with van der Waals surface area (Å²) in [6.07, 6.45) is 1.31. The van der Waals surface area contributed by atoms with Crippen LogP contribution in [0.3, 0.4) is 0 Å². The number of nitrogens with two attached hydrogens (primary N) is 1. The van der Waals surface area contributed by atoms with E-state index < -0.39 is 6.29 Å². The van der Waals surface area contributed by atoms with Crippen molar-refractivity contribution in [1.82, 2.24) is 4.98 Å². The molecule has 1 atom stereocenters. The van der Waals surface area contributed by atoms with Crippen molar-refractivity contribution in [3.8, 4) is 0 Å². The minimum atomic E-state index is -0.458. The van der Waals surface area contributed by atoms with E-state index in [1.54, 1.807) is 20.4 Å². The lowest BCUT2D eigenvalue weighted by Gasteiger charge is -2.22. The van der Waals surface area contributed by atoms with E-state index in [1.807, 2.05) is 30.3 Å². The maximum atomic E-state index is 6.15. The van der Waals surface area contributed by atoms with Crippen LogP contribution in [0.5, 0.6) is 0 Å². The van der Waals surface area contributed by atoms with Crippen LogP contribution in [-0.2, 0) is 9.47 Å². The molecule has 1 aromatic heterocycles. The number of methoxy groups -OCH3 is 2. The number of hydrogen-bond donors (Lipinski definition) is 1. The Balaban J connectivity index is 2.47. The molecule has 0 bridgehead atoms. The molecule has 0 aliphatic heterocycles. The van der Waals surface area contributed by atoms with E-state index >= 15 is 0 Å². The Bertz CT molecular complexity index is 492. The van der Waals surface area contributed by atoms with Gasteiger partial charge < -0.3 is 15.2 Å². The molecule has 0 aliphatic rings. The molecule has 0 saturated carbocycles. The van der Waals surface area contributed by atoms with Crippen LogP contribution < -0.4 is 5.73 Å². The molecule has 2 aromatic rings. The molecule has 2 rings (SSSR count). The minimum absolute atomic E-state index is 0.335. The average Bonchev–Trinajstić information content (AvgIpc) is 2.39. The molecule has 0 saturated heterocycles. The summed E-state index contributed by atoms with van der Waals surface area (Å²) in [6, 6.07) is 9.43. The molecule has 1 aromatic carbocycles. The minimum Gasteiger partial charge on any atom is -0.354 e. The van der Waals surface area contributed by atoms with E-state index in [-0.39, 0.29) is 6.04 Å². The van der Waals surface area contributed by atoms with Gasteiger partial charge in [-0.25, -0.2) is 0 Å². The Labute approximate surface area is 100 Å². The lowest BCUT2D eigenvalue weighted by Crippen LogP contribution is -2.29. The monoisotopic (exact) mass is 232 g/mol. The fraction of sp³-hybridized carbons (Fsp3) is 0.308. The third-order valence-electron chi connectivity index (χ3n) is 2.80. The number of rotatable bonds is 4. The second-order valence-corrected chi connectivity index (χ2v) is 3.78. The topological polar surface area (TPSA) is 57.4 Å². The third kappa shape index (κ3) is 2.29. The van der Waals surface area contributed by atoms with E-state index in [0.29, 0.717) is 0 Å². The van der Waals surface area contributed by atoms with Gasteiger partial charge in [-0.15, -0.1) is 0 Å². The van der Waals surface area contributed by atoms with Crippen molar-refractivity contribution in [2.75, 3.05) is 14.2 Å². The van der Waals surface area contributed by atoms with Crippen LogP contribution in [-0.4, -0.2) is 25.5 Å². The van der Waals surface area contributed by atoms with Crippen LogP contribution in [0.2, 0.25) is 0 Å². The molecule has 0 amide bonds. The summed E-state index contributed by atoms with van der Waals surface area (Å²) in [5.41, 5.74) is 8.05. The Morgan fingerprint density at radius 3 is 2.59 bits per heavy atom. The van der Waals surface area contributed by atoms with Crippen LogP contribution in [0.25, 0.3) is 10.9 Å². The maximum Gasteiger partial charge on any atom is 0.176 e. The number of nitrogens with zero attached hydrogens (tertiary/aromatic N) is 1. The quantitative estimate of drug-likeness (QED) is 0.817. The standard InChI is InChI=1S/C13H16N2O2/c1-16-13(17-2)12(14)10-5-3-7-11-9(10)6-4-8-15-11/h3-8,12-13H,14H2,1-2H3. The van der Waals surface area contributed by atoms with Gasteiger partial charge in [0.25, 0.3) is 0 Å². The van der Waals surface area contributed by atoms with Crippen molar-refractivity contribution in [2.45, 2.75) is 12.3 Å². The Kier molecular flexibility index (Phi) is 3.68. The normalized spacial score (nSPS) is 13.2. The first kappa shape index (κ1) is 12.0. The van der Waals surface area contributed by atoms with E-state index in [9.17, 15) is 0 Å². The zero-order valence-corrected chi connectivity index (χ0v) is 9.96. The summed E-state index contributed by atoms with van der Waals surface area (Å²) < 4.78 is 10.4. The van der Waals surface area contributed by atoms with Gasteiger partial charge in [0.2, 0.25) is 0 Å². The molecule has 1 unspecified atom stereocenters. The number of hydrogen-bond acceptors (Lipinski definition) is 4. The van der Waals surface area contributed by atoms with Crippen LogP contribution in [0.15, 0.2) is 36.5 Å². The molecule has 0 spiro atoms. The zero-order chi connectivity index (χ0) is 12.3. The van der Waals surface area contributed by atoms with Crippen molar-refractivity contribution in [3.05, 3.63) is 42.1 Å². The molecule has 1 heterocycles. The van der Waals surface area contributed by atoms with Crippen LogP contribution >= 0.6 is 0 Å². The van der Waals surface area contributed by atoms with Crippen molar-refractivity contribution in [1.29, 1.82) is 0 Å². The van der Waals surface area contributed by atoms with Gasteiger partial charge >= 0.3 is 0 Å². The SMILES string of the molecule is COC(OC)C(N)c1cccc2ncccc12. The second-order valence-electron chi connectivity index (χ2n) is 3.78. The first-order valence-electron chi connectivity index (χ1n) is 5.42. The molecule has 17 heavy (non-hydrogen) atoms. The number of benzene rings is 1. The molecule has 0 aliphatic carbocycles. The fourth-order valence-electron chi connectivity index (χ4n) is 1.95. The highest BCUT2D eigenvalue weighted by atomic mass is 16.7. The van der Waals surface area contributed by atoms with Crippen LogP contribution in [0, 0.1) is 0 Å². The highest BCUT2D eigenvalue weighted by molar-refractivity contribution is 5.82. The Morgan fingerprint density at radius 2 is 1.88 bits per heavy atom. The number of fused-ring (bicyclic) bond motifs is 1. The summed E-state index contributed by atoms with van der Waals surface area (Å²) in [5, 5.41) is 1.03. The average molecular weight is 232 g/mol. The van der Waals surface area contributed by atoms with E-state index in [2.05, 4.69) is 4.98 Å². The number of pyridine rings is 1. The second kappa shape index (κ2) is 5.23. The van der Waals surface area contributed by atoms with Crippen molar-refractivity contribution < 1.29 is 9.47 Å². The third-order valence-corrected chi connectivity index (χ3v) is 2.80. The van der Waals surface area contributed by atoms with Gasteiger partial charge in [-0.3, -0.25) is 4.98 Å². The van der Waals surface area contributed by atoms with Gasteiger partial charge in [-0.05, 0) is 17.7 Å². The van der Waals surface area contributed by atoms with Crippen LogP contribution in [0.1, 0.15) is 11.6 Å². The smallest absolute Gasteiger partial charge is 0.176 e. The molecule has 2 N–H and O–H groups in total. The lowest BCUT2D eigenvalue weighted by atomic mass is 10.0. The van der Waals surface area contributed by atoms with Gasteiger partial charge in [-0.2, -0.15) is 0 Å². The van der Waals surface area contributed by atoms with E-state index in [4.69, 9.17) is 15.2 Å². The van der Waals surface area contributed by atoms with Gasteiger partial charge in [0, 0.05) is 25.8 Å². The van der Waals surface area contributed by atoms with Crippen molar-refractivity contribution in [2.24, 2.45) is 5.73 Å². The first-order valence-corrected chi connectivity index (χ1v) is 5.42. The van der Waals surface area contributed by atoms with Crippen molar-refractivity contribution >= 4 is 10.9 Å². The van der Waals surface area contributed by atoms with E-state index in [0.717, 1.165) is 16.5 Å². The van der Waals surface area contributed by atoms with Gasteiger partial charge in [0.1, 0.15) is 0 Å². The zero-order valence-electron chi connectivity index (χ0n) is 9.96. The first-order chi connectivity index (χ1) is 8.27. The molecule has 0 radical (unpaired) electrons. The summed E-state index contributed by atoms with van der Waals surface area (Å²) in [6.45, 7) is 0. The molecule has 0 fully saturated rings. The van der Waals surface area contributed by atoms with Gasteiger partial charge in [0.15, 0.2) is 6.29 Å². The molecular formula is C13H16N2O2. The number of ether oxygens (including phenoxy) is 2. The molecule has 4 heteroatoms. The highest BCUT2D eigenvalue weighted by Crippen LogP contribution is 2.24. The summed E-state index contributed by atoms with van der Waals surface area (Å²) >= 11 is 0. The molecule has 4 nitrogen and oxygen atoms in total. The summed E-state index contributed by atoms with van der Waals surface area (Å²) in [4.78, 5) is 4.30. The van der Waals surface area contributed by atoms with E-state index in [1.165, 1.54) is 0 Å². The highest BCUT2D eigenvalue weighted by Gasteiger charge is 2.20. The van der Waals surface area contributed by atoms with Gasteiger partial charge in [-0.1, -0.05) is 18.2 Å². The molecular weight excluding hydrogens is 216 g/mol. The van der Waals surface area contributed by atoms with Crippen LogP contribution in [0.4, 0.5) is 0 Å². The van der Waals surface area contributed by atoms with Crippen molar-refractivity contribution in [3.63, 3.8) is 0 Å². The predicted molar refractivity (Wildman–Crippen MR) is 66.5 cm³/mol. The summed E-state index contributed by atoms with van der Waals surface area (Å²) in [7, 11) is 3.16. The summed E-state index contributed by atoms with van der Waals surface area (Å²) in [5.74, 6) is 0.